The molecule has 1 N–H and O–H groups in total. The van der Waals surface area contributed by atoms with Gasteiger partial charge in [-0.25, -0.2) is 9.59 Å². The van der Waals surface area contributed by atoms with Crippen LogP contribution in [0.5, 0.6) is 0 Å². The lowest BCUT2D eigenvalue weighted by molar-refractivity contribution is -0.140. The number of alkyl carbamates (subject to hydrolysis) is 1. The van der Waals surface area contributed by atoms with E-state index in [0.29, 0.717) is 25.0 Å². The first kappa shape index (κ1) is 21.0. The van der Waals surface area contributed by atoms with E-state index in [1.54, 1.807) is 6.08 Å². The fourth-order valence-corrected chi connectivity index (χ4v) is 3.31. The molecule has 2 heterocycles. The van der Waals surface area contributed by atoms with Crippen LogP contribution < -0.4 is 5.32 Å². The first-order valence-electron chi connectivity index (χ1n) is 9.19. The van der Waals surface area contributed by atoms with Crippen molar-refractivity contribution >= 4 is 12.1 Å². The molecule has 2 fully saturated rings. The van der Waals surface area contributed by atoms with Gasteiger partial charge < -0.3 is 19.5 Å². The van der Waals surface area contributed by atoms with E-state index in [-0.39, 0.29) is 36.3 Å². The van der Waals surface area contributed by atoms with Crippen molar-refractivity contribution in [3.05, 3.63) is 49.6 Å². The van der Waals surface area contributed by atoms with Gasteiger partial charge in [-0.3, -0.25) is 0 Å². The number of epoxide rings is 1. The summed E-state index contributed by atoms with van der Waals surface area (Å²) in [6.45, 7) is 17.6. The van der Waals surface area contributed by atoms with Gasteiger partial charge in [0, 0.05) is 18.0 Å². The van der Waals surface area contributed by atoms with E-state index in [4.69, 9.17) is 14.2 Å². The molecule has 6 nitrogen and oxygen atoms in total. The first-order valence-corrected chi connectivity index (χ1v) is 9.19. The van der Waals surface area contributed by atoms with E-state index < -0.39 is 6.09 Å². The third kappa shape index (κ3) is 5.32. The van der Waals surface area contributed by atoms with Crippen molar-refractivity contribution in [1.29, 1.82) is 0 Å². The van der Waals surface area contributed by atoms with Gasteiger partial charge in [-0.1, -0.05) is 25.3 Å². The van der Waals surface area contributed by atoms with Crippen LogP contribution in [0.3, 0.4) is 0 Å². The molecule has 0 aromatic carbocycles. The van der Waals surface area contributed by atoms with Crippen molar-refractivity contribution in [3.63, 3.8) is 0 Å². The minimum atomic E-state index is -0.512. The molecule has 0 aromatic rings. The first-order chi connectivity index (χ1) is 12.8. The van der Waals surface area contributed by atoms with Gasteiger partial charge in [0.15, 0.2) is 0 Å². The maximum atomic E-state index is 12.0. The van der Waals surface area contributed by atoms with Gasteiger partial charge in [0.05, 0.1) is 5.60 Å². The van der Waals surface area contributed by atoms with Gasteiger partial charge in [-0.05, 0) is 38.2 Å². The summed E-state index contributed by atoms with van der Waals surface area (Å²) in [4.78, 5) is 23.5. The second kappa shape index (κ2) is 9.04. The number of rotatable bonds is 11. The molecule has 0 aliphatic carbocycles. The van der Waals surface area contributed by atoms with Crippen molar-refractivity contribution in [2.75, 3.05) is 13.2 Å². The number of amides is 1. The molecule has 0 radical (unpaired) electrons. The molecule has 6 heteroatoms. The van der Waals surface area contributed by atoms with Crippen molar-refractivity contribution in [3.8, 4) is 0 Å². The van der Waals surface area contributed by atoms with E-state index in [2.05, 4.69) is 31.6 Å². The molecule has 0 unspecified atom stereocenters. The molecule has 2 aliphatic rings. The highest BCUT2D eigenvalue weighted by atomic mass is 16.6. The molecule has 0 saturated carbocycles. The fourth-order valence-electron chi connectivity index (χ4n) is 3.31. The van der Waals surface area contributed by atoms with E-state index in [1.807, 2.05) is 13.0 Å². The van der Waals surface area contributed by atoms with E-state index in [9.17, 15) is 9.59 Å². The maximum Gasteiger partial charge on any atom is 0.407 e. The van der Waals surface area contributed by atoms with Crippen LogP contribution in [0, 0.1) is 5.92 Å². The minimum Gasteiger partial charge on any atom is -0.455 e. The fraction of sp³-hybridized carbons (Fsp3) is 0.524. The summed E-state index contributed by atoms with van der Waals surface area (Å²) < 4.78 is 16.5. The molecule has 1 amide bonds. The number of cyclic esters (lactones) is 1. The lowest BCUT2D eigenvalue weighted by Gasteiger charge is -2.18. The molecule has 2 aliphatic heterocycles. The number of hydrogen-bond donors (Lipinski definition) is 1. The Kier molecular flexibility index (Phi) is 7.02. The van der Waals surface area contributed by atoms with E-state index in [0.717, 1.165) is 18.4 Å². The molecule has 0 aromatic heterocycles. The van der Waals surface area contributed by atoms with Gasteiger partial charge in [0.1, 0.15) is 18.8 Å². The Balaban J connectivity index is 1.84. The minimum absolute atomic E-state index is 0.124. The van der Waals surface area contributed by atoms with Crippen LogP contribution in [0.1, 0.15) is 32.6 Å². The lowest BCUT2D eigenvalue weighted by atomic mass is 9.85. The van der Waals surface area contributed by atoms with Gasteiger partial charge in [-0.15, -0.1) is 13.2 Å². The Morgan fingerprint density at radius 1 is 1.37 bits per heavy atom. The topological polar surface area (TPSA) is 77.2 Å². The van der Waals surface area contributed by atoms with Gasteiger partial charge in [0.2, 0.25) is 0 Å². The molecule has 2 saturated heterocycles. The number of allylic oxidation sites excluding steroid dienone is 1. The number of ether oxygens (including phenoxy) is 3. The predicted molar refractivity (Wildman–Crippen MR) is 103 cm³/mol. The second-order valence-corrected chi connectivity index (χ2v) is 7.21. The van der Waals surface area contributed by atoms with Gasteiger partial charge in [-0.2, -0.15) is 0 Å². The maximum absolute atomic E-state index is 12.0. The van der Waals surface area contributed by atoms with Crippen LogP contribution >= 0.6 is 0 Å². The molecule has 148 valence electrons. The Labute approximate surface area is 160 Å². The molecular weight excluding hydrogens is 346 g/mol. The van der Waals surface area contributed by atoms with Crippen LogP contribution in [0.25, 0.3) is 0 Å². The van der Waals surface area contributed by atoms with E-state index in [1.165, 1.54) is 0 Å². The van der Waals surface area contributed by atoms with Gasteiger partial charge in [0.25, 0.3) is 0 Å². The number of carbonyl (C=O) groups excluding carboxylic acids is 2. The summed E-state index contributed by atoms with van der Waals surface area (Å²) in [5, 5.41) is 2.53. The molecule has 0 bridgehead atoms. The van der Waals surface area contributed by atoms with Crippen molar-refractivity contribution in [2.24, 2.45) is 5.92 Å². The number of esters is 1. The highest BCUT2D eigenvalue weighted by Gasteiger charge is 2.61. The van der Waals surface area contributed by atoms with Crippen LogP contribution in [-0.4, -0.2) is 43.0 Å². The Morgan fingerprint density at radius 3 is 2.78 bits per heavy atom. The summed E-state index contributed by atoms with van der Waals surface area (Å²) in [6, 6.07) is 0. The summed E-state index contributed by atoms with van der Waals surface area (Å²) in [6.07, 6.45) is 5.39. The third-order valence-corrected chi connectivity index (χ3v) is 5.04. The zero-order valence-electron chi connectivity index (χ0n) is 16.0. The van der Waals surface area contributed by atoms with Crippen LogP contribution in [0.4, 0.5) is 4.79 Å². The van der Waals surface area contributed by atoms with E-state index >= 15 is 0 Å². The summed E-state index contributed by atoms with van der Waals surface area (Å²) in [7, 11) is 0. The smallest absolute Gasteiger partial charge is 0.407 e. The quantitative estimate of drug-likeness (QED) is 0.259. The Bertz CT molecular complexity index is 640. The normalized spacial score (nSPS) is 29.0. The molecule has 4 atom stereocenters. The summed E-state index contributed by atoms with van der Waals surface area (Å²) in [5.74, 6) is -0.489. The van der Waals surface area contributed by atoms with Crippen molar-refractivity contribution in [1.82, 2.24) is 5.32 Å². The second-order valence-electron chi connectivity index (χ2n) is 7.21. The molecule has 0 spiro atoms. The monoisotopic (exact) mass is 375 g/mol. The number of carbonyl (C=O) groups is 2. The average Bonchev–Trinajstić information content (AvgIpc) is 3.24. The van der Waals surface area contributed by atoms with Crippen LogP contribution in [0.2, 0.25) is 0 Å². The Morgan fingerprint density at radius 2 is 2.11 bits per heavy atom. The molecule has 27 heavy (non-hydrogen) atoms. The Hall–Kier alpha value is -2.34. The SMILES string of the molecule is C=CCC[C@@]1(C)O[C@@H]1[C@H]1OC(=O)C(=C)[C@@H]1CCC(=C)COC(=O)NCC=C. The summed E-state index contributed by atoms with van der Waals surface area (Å²) in [5.41, 5.74) is 0.950. The summed E-state index contributed by atoms with van der Waals surface area (Å²) >= 11 is 0. The molecular formula is C21H29NO5. The largest absolute Gasteiger partial charge is 0.455 e. The molecule has 2 rings (SSSR count). The zero-order valence-corrected chi connectivity index (χ0v) is 16.0. The highest BCUT2D eigenvalue weighted by molar-refractivity contribution is 5.91. The number of nitrogens with one attached hydrogen (secondary N) is 1. The number of hydrogen-bond acceptors (Lipinski definition) is 5. The van der Waals surface area contributed by atoms with Crippen LogP contribution in [-0.2, 0) is 19.0 Å². The van der Waals surface area contributed by atoms with Crippen molar-refractivity contribution in [2.45, 2.75) is 50.4 Å². The van der Waals surface area contributed by atoms with Crippen LogP contribution in [0.15, 0.2) is 49.6 Å². The third-order valence-electron chi connectivity index (χ3n) is 5.04. The standard InChI is InChI=1S/C21H29NO5/c1-6-8-11-21(5)18(27-21)17-16(15(4)19(23)26-17)10-9-14(3)13-25-20(24)22-12-7-2/h6-7,16-18H,1-4,8-13H2,5H3,(H,22,24)/t16-,17-,18+,21+/m0/s1. The lowest BCUT2D eigenvalue weighted by Crippen LogP contribution is -2.28. The highest BCUT2D eigenvalue weighted by Crippen LogP contribution is 2.49. The average molecular weight is 375 g/mol. The van der Waals surface area contributed by atoms with Gasteiger partial charge >= 0.3 is 12.1 Å². The predicted octanol–water partition coefficient (Wildman–Crippen LogP) is 3.46. The van der Waals surface area contributed by atoms with Crippen molar-refractivity contribution < 1.29 is 23.8 Å². The zero-order chi connectivity index (χ0) is 20.0.